The summed E-state index contributed by atoms with van der Waals surface area (Å²) in [6.07, 6.45) is 3.33. The van der Waals surface area contributed by atoms with Crippen molar-refractivity contribution in [2.75, 3.05) is 43.4 Å². The fourth-order valence-corrected chi connectivity index (χ4v) is 2.72. The van der Waals surface area contributed by atoms with E-state index in [1.807, 2.05) is 4.68 Å². The molecule has 2 N–H and O–H groups in total. The van der Waals surface area contributed by atoms with E-state index in [0.717, 1.165) is 50.8 Å². The average Bonchev–Trinajstić information content (AvgIpc) is 3.06. The number of hydrogen-bond acceptors (Lipinski definition) is 7. The first kappa shape index (κ1) is 15.7. The van der Waals surface area contributed by atoms with Crippen molar-refractivity contribution in [2.45, 2.75) is 26.3 Å². The van der Waals surface area contributed by atoms with Crippen LogP contribution in [0.5, 0.6) is 0 Å². The molecule has 8 heteroatoms. The maximum Gasteiger partial charge on any atom is 0.222 e. The van der Waals surface area contributed by atoms with E-state index in [2.05, 4.69) is 49.8 Å². The van der Waals surface area contributed by atoms with Crippen LogP contribution in [0.2, 0.25) is 0 Å². The van der Waals surface area contributed by atoms with E-state index in [9.17, 15) is 0 Å². The third-order valence-corrected chi connectivity index (χ3v) is 4.15. The van der Waals surface area contributed by atoms with Crippen LogP contribution in [-0.4, -0.2) is 62.4 Å². The number of nitrogens with zero attached hydrogens (tertiary/aromatic N) is 7. The van der Waals surface area contributed by atoms with Gasteiger partial charge >= 0.3 is 0 Å². The lowest BCUT2D eigenvalue weighted by molar-refractivity contribution is 0.244. The van der Waals surface area contributed by atoms with Crippen LogP contribution in [0, 0.1) is 0 Å². The summed E-state index contributed by atoms with van der Waals surface area (Å²) in [6.45, 7) is 10.0. The highest BCUT2D eigenvalue weighted by molar-refractivity contribution is 5.44. The molecule has 0 unspecified atom stereocenters. The van der Waals surface area contributed by atoms with E-state index < -0.39 is 0 Å². The quantitative estimate of drug-likeness (QED) is 0.863. The van der Waals surface area contributed by atoms with Crippen molar-refractivity contribution in [3.8, 4) is 0 Å². The highest BCUT2D eigenvalue weighted by atomic mass is 15.3. The zero-order valence-corrected chi connectivity index (χ0v) is 13.8. The Bertz CT molecular complexity index is 616. The lowest BCUT2D eigenvalue weighted by atomic mass is 10.1. The van der Waals surface area contributed by atoms with Gasteiger partial charge in [-0.05, 0) is 5.92 Å². The molecule has 1 fully saturated rings. The van der Waals surface area contributed by atoms with Gasteiger partial charge in [-0.1, -0.05) is 13.8 Å². The highest BCUT2D eigenvalue weighted by Crippen LogP contribution is 2.20. The number of nitrogens with two attached hydrogens (primary N) is 1. The topological polar surface area (TPSA) is 89.0 Å². The summed E-state index contributed by atoms with van der Waals surface area (Å²) < 4.78 is 1.87. The maximum absolute atomic E-state index is 5.86. The molecule has 3 heterocycles. The van der Waals surface area contributed by atoms with Crippen LogP contribution in [0.25, 0.3) is 0 Å². The minimum atomic E-state index is 0.350. The molecule has 1 aliphatic rings. The van der Waals surface area contributed by atoms with Gasteiger partial charge in [0.25, 0.3) is 0 Å². The molecule has 1 aliphatic heterocycles. The number of aromatic nitrogens is 5. The molecular weight excluding hydrogens is 292 g/mol. The Balaban J connectivity index is 1.56. The van der Waals surface area contributed by atoms with Crippen LogP contribution < -0.4 is 10.6 Å². The van der Waals surface area contributed by atoms with Crippen LogP contribution in [0.3, 0.4) is 0 Å². The second-order valence-corrected chi connectivity index (χ2v) is 6.15. The van der Waals surface area contributed by atoms with Crippen molar-refractivity contribution in [1.29, 1.82) is 0 Å². The molecule has 0 atom stereocenters. The molecule has 0 saturated carbocycles. The summed E-state index contributed by atoms with van der Waals surface area (Å²) in [6, 6.07) is 2.06. The van der Waals surface area contributed by atoms with Crippen molar-refractivity contribution >= 4 is 11.8 Å². The standard InChI is InChI=1S/C15H24N8/c1-12(2)13-9-14(20-15(16)19-13)22-6-3-21(4-7-22)5-8-23-11-17-10-18-23/h9-12H,3-8H2,1-2H3,(H2,16,19,20). The first-order valence-electron chi connectivity index (χ1n) is 8.06. The molecule has 0 bridgehead atoms. The van der Waals surface area contributed by atoms with Crippen molar-refractivity contribution < 1.29 is 0 Å². The summed E-state index contributed by atoms with van der Waals surface area (Å²) >= 11 is 0. The van der Waals surface area contributed by atoms with Crippen molar-refractivity contribution in [2.24, 2.45) is 0 Å². The number of hydrogen-bond donors (Lipinski definition) is 1. The fraction of sp³-hybridized carbons (Fsp3) is 0.600. The van der Waals surface area contributed by atoms with Gasteiger partial charge in [0.1, 0.15) is 18.5 Å². The summed E-state index contributed by atoms with van der Waals surface area (Å²) in [5.41, 5.74) is 6.86. The second kappa shape index (κ2) is 6.91. The van der Waals surface area contributed by atoms with Crippen molar-refractivity contribution in [1.82, 2.24) is 29.6 Å². The van der Waals surface area contributed by atoms with Gasteiger partial charge < -0.3 is 10.6 Å². The minimum absolute atomic E-state index is 0.350. The molecule has 3 rings (SSSR count). The smallest absolute Gasteiger partial charge is 0.222 e. The lowest BCUT2D eigenvalue weighted by Gasteiger charge is -2.35. The first-order chi connectivity index (χ1) is 11.1. The first-order valence-corrected chi connectivity index (χ1v) is 8.06. The molecule has 8 nitrogen and oxygen atoms in total. The van der Waals surface area contributed by atoms with Gasteiger partial charge in [0.05, 0.1) is 12.2 Å². The van der Waals surface area contributed by atoms with Gasteiger partial charge in [-0.15, -0.1) is 0 Å². The van der Waals surface area contributed by atoms with E-state index >= 15 is 0 Å². The summed E-state index contributed by atoms with van der Waals surface area (Å²) in [4.78, 5) is 17.4. The van der Waals surface area contributed by atoms with Gasteiger partial charge in [0.15, 0.2) is 0 Å². The van der Waals surface area contributed by atoms with Gasteiger partial charge in [0.2, 0.25) is 5.95 Å². The zero-order valence-electron chi connectivity index (χ0n) is 13.8. The third kappa shape index (κ3) is 3.95. The largest absolute Gasteiger partial charge is 0.368 e. The fourth-order valence-electron chi connectivity index (χ4n) is 2.72. The molecule has 0 aromatic carbocycles. The summed E-state index contributed by atoms with van der Waals surface area (Å²) in [7, 11) is 0. The number of rotatable bonds is 5. The lowest BCUT2D eigenvalue weighted by Crippen LogP contribution is -2.47. The van der Waals surface area contributed by atoms with Gasteiger partial charge in [-0.25, -0.2) is 9.97 Å². The number of piperazine rings is 1. The Hall–Kier alpha value is -2.22. The Morgan fingerprint density at radius 2 is 1.91 bits per heavy atom. The minimum Gasteiger partial charge on any atom is -0.368 e. The van der Waals surface area contributed by atoms with E-state index in [1.54, 1.807) is 12.7 Å². The molecule has 0 radical (unpaired) electrons. The van der Waals surface area contributed by atoms with E-state index in [1.165, 1.54) is 0 Å². The SMILES string of the molecule is CC(C)c1cc(N2CCN(CCn3cncn3)CC2)nc(N)n1. The van der Waals surface area contributed by atoms with Crippen LogP contribution in [0.15, 0.2) is 18.7 Å². The van der Waals surface area contributed by atoms with Crippen LogP contribution in [0.4, 0.5) is 11.8 Å². The molecule has 0 spiro atoms. The van der Waals surface area contributed by atoms with Crippen molar-refractivity contribution in [3.63, 3.8) is 0 Å². The van der Waals surface area contributed by atoms with Crippen LogP contribution in [0.1, 0.15) is 25.5 Å². The monoisotopic (exact) mass is 316 g/mol. The van der Waals surface area contributed by atoms with E-state index in [-0.39, 0.29) is 0 Å². The summed E-state index contributed by atoms with van der Waals surface area (Å²) in [5.74, 6) is 1.65. The third-order valence-electron chi connectivity index (χ3n) is 4.15. The molecule has 124 valence electrons. The Kier molecular flexibility index (Phi) is 4.71. The predicted octanol–water partition coefficient (Wildman–Crippen LogP) is 0.596. The van der Waals surface area contributed by atoms with Crippen molar-refractivity contribution in [3.05, 3.63) is 24.4 Å². The second-order valence-electron chi connectivity index (χ2n) is 6.15. The number of anilines is 2. The molecular formula is C15H24N8. The van der Waals surface area contributed by atoms with E-state index in [4.69, 9.17) is 5.73 Å². The molecule has 23 heavy (non-hydrogen) atoms. The molecule has 0 amide bonds. The van der Waals surface area contributed by atoms with Crippen LogP contribution >= 0.6 is 0 Å². The Morgan fingerprint density at radius 1 is 1.13 bits per heavy atom. The highest BCUT2D eigenvalue weighted by Gasteiger charge is 2.19. The summed E-state index contributed by atoms with van der Waals surface area (Å²) in [5, 5.41) is 4.14. The molecule has 1 saturated heterocycles. The number of nitrogen functional groups attached to an aromatic ring is 1. The molecule has 2 aromatic rings. The molecule has 0 aliphatic carbocycles. The average molecular weight is 316 g/mol. The van der Waals surface area contributed by atoms with E-state index in [0.29, 0.717) is 11.9 Å². The Labute approximate surface area is 136 Å². The van der Waals surface area contributed by atoms with Gasteiger partial charge in [0, 0.05) is 38.8 Å². The van der Waals surface area contributed by atoms with Gasteiger partial charge in [-0.3, -0.25) is 9.58 Å². The zero-order chi connectivity index (χ0) is 16.2. The maximum atomic E-state index is 5.86. The predicted molar refractivity (Wildman–Crippen MR) is 89.2 cm³/mol. The van der Waals surface area contributed by atoms with Crippen LogP contribution in [-0.2, 0) is 6.54 Å². The normalized spacial score (nSPS) is 16.2. The van der Waals surface area contributed by atoms with Gasteiger partial charge in [-0.2, -0.15) is 10.1 Å². The Morgan fingerprint density at radius 3 is 2.57 bits per heavy atom. The molecule has 2 aromatic heterocycles.